The second-order valence-corrected chi connectivity index (χ2v) is 9.20. The van der Waals surface area contributed by atoms with E-state index in [1.807, 2.05) is 24.3 Å². The first-order valence-corrected chi connectivity index (χ1v) is 9.17. The minimum atomic E-state index is -1.55. The van der Waals surface area contributed by atoms with Crippen molar-refractivity contribution in [3.8, 4) is 5.75 Å². The van der Waals surface area contributed by atoms with Gasteiger partial charge in [-0.15, -0.1) is 0 Å². The van der Waals surface area contributed by atoms with Crippen molar-refractivity contribution in [1.29, 1.82) is 0 Å². The van der Waals surface area contributed by atoms with E-state index >= 15 is 0 Å². The normalized spacial score (nSPS) is 11.1. The highest BCUT2D eigenvalue weighted by atomic mass is 28.4. The molecule has 0 bridgehead atoms. The fourth-order valence-electron chi connectivity index (χ4n) is 1.21. The standard InChI is InChI=1S/C11H18O2Si2/c1-9(13-15(2,3)4)10-5-7-11(12-14)8-6-10/h5-8H,1H2,2-4,14H3. The summed E-state index contributed by atoms with van der Waals surface area (Å²) in [6, 6.07) is 7.85. The largest absolute Gasteiger partial charge is 0.553 e. The molecule has 0 fully saturated rings. The van der Waals surface area contributed by atoms with Gasteiger partial charge >= 0.3 is 0 Å². The highest BCUT2D eigenvalue weighted by Crippen LogP contribution is 2.21. The van der Waals surface area contributed by atoms with Gasteiger partial charge in [0.25, 0.3) is 0 Å². The van der Waals surface area contributed by atoms with Crippen LogP contribution in [0.1, 0.15) is 5.56 Å². The van der Waals surface area contributed by atoms with Gasteiger partial charge in [-0.2, -0.15) is 0 Å². The van der Waals surface area contributed by atoms with Crippen LogP contribution in [0.2, 0.25) is 19.6 Å². The molecule has 1 rings (SSSR count). The molecular formula is C11H18O2Si2. The molecule has 2 nitrogen and oxygen atoms in total. The highest BCUT2D eigenvalue weighted by molar-refractivity contribution is 6.70. The molecule has 0 unspecified atom stereocenters. The first kappa shape index (κ1) is 12.1. The Morgan fingerprint density at radius 2 is 1.73 bits per heavy atom. The van der Waals surface area contributed by atoms with E-state index in [1.165, 1.54) is 0 Å². The molecule has 0 aliphatic carbocycles. The lowest BCUT2D eigenvalue weighted by molar-refractivity contribution is 0.516. The van der Waals surface area contributed by atoms with Gasteiger partial charge in [-0.05, 0) is 43.9 Å². The molecule has 4 heteroatoms. The fourth-order valence-corrected chi connectivity index (χ4v) is 2.33. The molecule has 0 heterocycles. The first-order valence-electron chi connectivity index (χ1n) is 4.95. The van der Waals surface area contributed by atoms with Crippen LogP contribution in [0.15, 0.2) is 30.8 Å². The summed E-state index contributed by atoms with van der Waals surface area (Å²) in [5.41, 5.74) is 1.03. The molecule has 0 saturated carbocycles. The summed E-state index contributed by atoms with van der Waals surface area (Å²) in [5, 5.41) is 0. The van der Waals surface area contributed by atoms with E-state index in [2.05, 4.69) is 26.2 Å². The third-order valence-corrected chi connectivity index (χ3v) is 3.17. The molecule has 0 saturated heterocycles. The Morgan fingerprint density at radius 1 is 1.20 bits per heavy atom. The smallest absolute Gasteiger partial charge is 0.242 e. The van der Waals surface area contributed by atoms with Crippen molar-refractivity contribution in [3.63, 3.8) is 0 Å². The fraction of sp³-hybridized carbons (Fsp3) is 0.273. The van der Waals surface area contributed by atoms with E-state index in [1.54, 1.807) is 0 Å². The molecule has 0 amide bonds. The zero-order chi connectivity index (χ0) is 11.5. The van der Waals surface area contributed by atoms with E-state index in [0.29, 0.717) is 0 Å². The van der Waals surface area contributed by atoms with Crippen molar-refractivity contribution in [2.24, 2.45) is 0 Å². The van der Waals surface area contributed by atoms with Crippen molar-refractivity contribution in [2.75, 3.05) is 0 Å². The van der Waals surface area contributed by atoms with Gasteiger partial charge in [-0.3, -0.25) is 0 Å². The van der Waals surface area contributed by atoms with Crippen LogP contribution in [-0.2, 0) is 4.43 Å². The van der Waals surface area contributed by atoms with E-state index in [4.69, 9.17) is 8.85 Å². The topological polar surface area (TPSA) is 18.5 Å². The average molecular weight is 238 g/mol. The van der Waals surface area contributed by atoms with Gasteiger partial charge in [0.15, 0.2) is 0 Å². The van der Waals surface area contributed by atoms with Gasteiger partial charge in [-0.1, -0.05) is 6.58 Å². The number of benzene rings is 1. The minimum absolute atomic E-state index is 0.717. The van der Waals surface area contributed by atoms with Crippen LogP contribution in [0.25, 0.3) is 5.76 Å². The lowest BCUT2D eigenvalue weighted by atomic mass is 10.2. The summed E-state index contributed by atoms with van der Waals surface area (Å²) in [6.07, 6.45) is 0. The maximum absolute atomic E-state index is 5.81. The van der Waals surface area contributed by atoms with Crippen LogP contribution in [-0.4, -0.2) is 18.8 Å². The zero-order valence-corrected chi connectivity index (χ0v) is 12.8. The van der Waals surface area contributed by atoms with E-state index in [0.717, 1.165) is 27.6 Å². The molecule has 1 aromatic carbocycles. The molecule has 82 valence electrons. The predicted octanol–water partition coefficient (Wildman–Crippen LogP) is 2.17. The van der Waals surface area contributed by atoms with E-state index < -0.39 is 8.32 Å². The van der Waals surface area contributed by atoms with Gasteiger partial charge in [0.05, 0.1) is 0 Å². The Balaban J connectivity index is 2.75. The molecule has 0 radical (unpaired) electrons. The lowest BCUT2D eigenvalue weighted by Gasteiger charge is -2.21. The minimum Gasteiger partial charge on any atom is -0.553 e. The Labute approximate surface area is 95.6 Å². The second kappa shape index (κ2) is 4.68. The van der Waals surface area contributed by atoms with Crippen molar-refractivity contribution >= 4 is 24.6 Å². The third-order valence-electron chi connectivity index (χ3n) is 1.84. The van der Waals surface area contributed by atoms with Gasteiger partial charge in [-0.25, -0.2) is 0 Å². The van der Waals surface area contributed by atoms with Crippen LogP contribution in [0.4, 0.5) is 0 Å². The molecule has 1 aromatic rings. The van der Waals surface area contributed by atoms with Crippen LogP contribution in [0, 0.1) is 0 Å². The molecule has 0 spiro atoms. The summed E-state index contributed by atoms with van der Waals surface area (Å²) in [7, 11) is -0.831. The van der Waals surface area contributed by atoms with Crippen molar-refractivity contribution in [2.45, 2.75) is 19.6 Å². The second-order valence-electron chi connectivity index (χ2n) is 4.37. The highest BCUT2D eigenvalue weighted by Gasteiger charge is 2.17. The van der Waals surface area contributed by atoms with Crippen molar-refractivity contribution in [1.82, 2.24) is 0 Å². The molecule has 0 aliphatic heterocycles. The summed E-state index contributed by atoms with van der Waals surface area (Å²) in [4.78, 5) is 0. The first-order chi connectivity index (χ1) is 6.92. The van der Waals surface area contributed by atoms with Crippen LogP contribution >= 0.6 is 0 Å². The van der Waals surface area contributed by atoms with Crippen LogP contribution < -0.4 is 4.43 Å². The Morgan fingerprint density at radius 3 is 2.13 bits per heavy atom. The summed E-state index contributed by atoms with van der Waals surface area (Å²) in [5.74, 6) is 1.67. The Hall–Kier alpha value is -1.01. The quantitative estimate of drug-likeness (QED) is 0.591. The summed E-state index contributed by atoms with van der Waals surface area (Å²) < 4.78 is 11.0. The molecule has 15 heavy (non-hydrogen) atoms. The van der Waals surface area contributed by atoms with Crippen molar-refractivity contribution < 1.29 is 8.85 Å². The van der Waals surface area contributed by atoms with Crippen LogP contribution in [0.3, 0.4) is 0 Å². The molecular weight excluding hydrogens is 220 g/mol. The molecule has 0 aliphatic rings. The maximum Gasteiger partial charge on any atom is 0.242 e. The van der Waals surface area contributed by atoms with Gasteiger partial charge < -0.3 is 8.85 Å². The summed E-state index contributed by atoms with van der Waals surface area (Å²) >= 11 is 0. The SMILES string of the molecule is C=C(O[Si](C)(C)C)c1ccc(O[SiH3])cc1. The summed E-state index contributed by atoms with van der Waals surface area (Å²) in [6.45, 7) is 10.4. The zero-order valence-electron chi connectivity index (χ0n) is 9.83. The number of hydrogen-bond donors (Lipinski definition) is 0. The van der Waals surface area contributed by atoms with Gasteiger partial charge in [0.2, 0.25) is 18.8 Å². The predicted molar refractivity (Wildman–Crippen MR) is 70.5 cm³/mol. The van der Waals surface area contributed by atoms with Gasteiger partial charge in [0.1, 0.15) is 11.5 Å². The van der Waals surface area contributed by atoms with Gasteiger partial charge in [0, 0.05) is 5.56 Å². The maximum atomic E-state index is 5.81. The molecule has 0 atom stereocenters. The number of hydrogen-bond acceptors (Lipinski definition) is 2. The van der Waals surface area contributed by atoms with E-state index in [-0.39, 0.29) is 0 Å². The van der Waals surface area contributed by atoms with E-state index in [9.17, 15) is 0 Å². The molecule has 0 N–H and O–H groups in total. The molecule has 0 aromatic heterocycles. The lowest BCUT2D eigenvalue weighted by Crippen LogP contribution is -2.24. The third kappa shape index (κ3) is 3.93. The Kier molecular flexibility index (Phi) is 3.76. The monoisotopic (exact) mass is 238 g/mol. The van der Waals surface area contributed by atoms with Crippen molar-refractivity contribution in [3.05, 3.63) is 36.4 Å². The Bertz CT molecular complexity index is 339. The van der Waals surface area contributed by atoms with Crippen LogP contribution in [0.5, 0.6) is 5.75 Å². The number of rotatable bonds is 4. The average Bonchev–Trinajstić information content (AvgIpc) is 2.15.